The quantitative estimate of drug-likeness (QED) is 0.692. The van der Waals surface area contributed by atoms with Gasteiger partial charge in [0, 0.05) is 28.0 Å². The molecular formula is C19H20IN3O2. The van der Waals surface area contributed by atoms with E-state index in [2.05, 4.69) is 33.2 Å². The molecule has 1 fully saturated rings. The zero-order valence-corrected chi connectivity index (χ0v) is 15.9. The predicted molar refractivity (Wildman–Crippen MR) is 108 cm³/mol. The van der Waals surface area contributed by atoms with E-state index in [0.29, 0.717) is 13.1 Å². The Bertz CT molecular complexity index is 751. The molecule has 0 saturated carbocycles. The van der Waals surface area contributed by atoms with Gasteiger partial charge in [-0.3, -0.25) is 4.79 Å². The van der Waals surface area contributed by atoms with Crippen LogP contribution in [0.3, 0.4) is 0 Å². The second kappa shape index (κ2) is 8.33. The highest BCUT2D eigenvalue weighted by Gasteiger charge is 2.28. The van der Waals surface area contributed by atoms with Crippen molar-refractivity contribution in [2.75, 3.05) is 23.7 Å². The van der Waals surface area contributed by atoms with Gasteiger partial charge in [-0.2, -0.15) is 0 Å². The molecule has 1 aliphatic rings. The molecule has 1 unspecified atom stereocenters. The molecule has 3 rings (SSSR count). The fourth-order valence-corrected chi connectivity index (χ4v) is 3.45. The van der Waals surface area contributed by atoms with E-state index in [9.17, 15) is 9.59 Å². The third-order valence-corrected chi connectivity index (χ3v) is 4.87. The molecule has 0 aromatic heterocycles. The lowest BCUT2D eigenvalue weighted by molar-refractivity contribution is -0.121. The molecule has 130 valence electrons. The summed E-state index contributed by atoms with van der Waals surface area (Å²) in [6.07, 6.45) is 1.62. The first-order valence-electron chi connectivity index (χ1n) is 8.29. The van der Waals surface area contributed by atoms with E-state index >= 15 is 0 Å². The number of carbonyl (C=O) groups is 2. The van der Waals surface area contributed by atoms with Crippen molar-refractivity contribution in [1.29, 1.82) is 0 Å². The predicted octanol–water partition coefficient (Wildman–Crippen LogP) is 4.17. The Morgan fingerprint density at radius 3 is 2.52 bits per heavy atom. The lowest BCUT2D eigenvalue weighted by Gasteiger charge is -2.32. The van der Waals surface area contributed by atoms with Crippen LogP contribution in [0.25, 0.3) is 0 Å². The Morgan fingerprint density at radius 2 is 1.76 bits per heavy atom. The maximum Gasteiger partial charge on any atom is 0.321 e. The van der Waals surface area contributed by atoms with Gasteiger partial charge in [0.25, 0.3) is 0 Å². The summed E-state index contributed by atoms with van der Waals surface area (Å²) in [5.41, 5.74) is 1.56. The molecule has 0 spiro atoms. The first-order valence-corrected chi connectivity index (χ1v) is 9.37. The minimum absolute atomic E-state index is 0.0285. The average Bonchev–Trinajstić information content (AvgIpc) is 2.62. The average molecular weight is 449 g/mol. The molecule has 1 aliphatic heterocycles. The number of carbonyl (C=O) groups excluding carboxylic acids is 2. The summed E-state index contributed by atoms with van der Waals surface area (Å²) >= 11 is 2.22. The molecule has 2 aromatic carbocycles. The minimum Gasteiger partial charge on any atom is -0.326 e. The SMILES string of the molecule is O=C(Nc1cccc(I)c1)C1CCCN(C(=O)Nc2ccccc2)C1. The number of rotatable bonds is 3. The van der Waals surface area contributed by atoms with E-state index in [1.807, 2.05) is 54.6 Å². The molecule has 0 radical (unpaired) electrons. The number of nitrogens with one attached hydrogen (secondary N) is 2. The van der Waals surface area contributed by atoms with Gasteiger partial charge in [-0.05, 0) is 65.8 Å². The molecule has 1 saturated heterocycles. The van der Waals surface area contributed by atoms with Crippen LogP contribution in [0.1, 0.15) is 12.8 Å². The normalized spacial score (nSPS) is 17.0. The van der Waals surface area contributed by atoms with Crippen molar-refractivity contribution in [3.63, 3.8) is 0 Å². The molecule has 1 atom stereocenters. The Labute approximate surface area is 160 Å². The van der Waals surface area contributed by atoms with E-state index in [1.165, 1.54) is 0 Å². The smallest absolute Gasteiger partial charge is 0.321 e. The topological polar surface area (TPSA) is 61.4 Å². The first kappa shape index (κ1) is 17.7. The minimum atomic E-state index is -0.187. The van der Waals surface area contributed by atoms with Crippen LogP contribution in [0.4, 0.5) is 16.2 Å². The van der Waals surface area contributed by atoms with Crippen molar-refractivity contribution in [2.45, 2.75) is 12.8 Å². The Hall–Kier alpha value is -2.09. The molecule has 25 heavy (non-hydrogen) atoms. The summed E-state index contributed by atoms with van der Waals surface area (Å²) in [6, 6.07) is 16.9. The number of benzene rings is 2. The third kappa shape index (κ3) is 4.94. The lowest BCUT2D eigenvalue weighted by atomic mass is 9.97. The summed E-state index contributed by atoms with van der Waals surface area (Å²) in [5.74, 6) is -0.215. The van der Waals surface area contributed by atoms with Crippen LogP contribution in [-0.4, -0.2) is 29.9 Å². The number of hydrogen-bond donors (Lipinski definition) is 2. The van der Waals surface area contributed by atoms with Crippen LogP contribution in [0.2, 0.25) is 0 Å². The summed E-state index contributed by atoms with van der Waals surface area (Å²) in [4.78, 5) is 26.7. The molecule has 0 bridgehead atoms. The number of nitrogens with zero attached hydrogens (tertiary/aromatic N) is 1. The molecule has 3 amide bonds. The van der Waals surface area contributed by atoms with Crippen LogP contribution >= 0.6 is 22.6 Å². The van der Waals surface area contributed by atoms with Crippen molar-refractivity contribution in [2.24, 2.45) is 5.92 Å². The first-order chi connectivity index (χ1) is 12.1. The van der Waals surface area contributed by atoms with Crippen LogP contribution in [0.5, 0.6) is 0 Å². The summed E-state index contributed by atoms with van der Waals surface area (Å²) in [7, 11) is 0. The second-order valence-corrected chi connectivity index (χ2v) is 7.33. The molecule has 5 nitrogen and oxygen atoms in total. The zero-order valence-electron chi connectivity index (χ0n) is 13.7. The second-order valence-electron chi connectivity index (χ2n) is 6.08. The number of amides is 3. The Balaban J connectivity index is 1.58. The van der Waals surface area contributed by atoms with E-state index in [0.717, 1.165) is 27.8 Å². The lowest BCUT2D eigenvalue weighted by Crippen LogP contribution is -2.45. The van der Waals surface area contributed by atoms with Crippen molar-refractivity contribution in [1.82, 2.24) is 4.90 Å². The number of piperidine rings is 1. The molecular weight excluding hydrogens is 429 g/mol. The number of likely N-dealkylation sites (tertiary alicyclic amines) is 1. The Kier molecular flexibility index (Phi) is 5.91. The van der Waals surface area contributed by atoms with E-state index in [1.54, 1.807) is 4.90 Å². The van der Waals surface area contributed by atoms with Gasteiger partial charge >= 0.3 is 6.03 Å². The highest BCUT2D eigenvalue weighted by Crippen LogP contribution is 2.20. The van der Waals surface area contributed by atoms with Crippen molar-refractivity contribution in [3.8, 4) is 0 Å². The third-order valence-electron chi connectivity index (χ3n) is 4.20. The largest absolute Gasteiger partial charge is 0.326 e. The van der Waals surface area contributed by atoms with Crippen LogP contribution in [0.15, 0.2) is 54.6 Å². The summed E-state index contributed by atoms with van der Waals surface area (Å²) in [6.45, 7) is 1.11. The van der Waals surface area contributed by atoms with Crippen LogP contribution in [-0.2, 0) is 4.79 Å². The zero-order chi connectivity index (χ0) is 17.6. The van der Waals surface area contributed by atoms with Crippen LogP contribution in [0, 0.1) is 9.49 Å². The van der Waals surface area contributed by atoms with Crippen LogP contribution < -0.4 is 10.6 Å². The van der Waals surface area contributed by atoms with Gasteiger partial charge in [-0.1, -0.05) is 24.3 Å². The summed E-state index contributed by atoms with van der Waals surface area (Å²) in [5, 5.41) is 5.84. The van der Waals surface area contributed by atoms with Gasteiger partial charge in [0.15, 0.2) is 0 Å². The van der Waals surface area contributed by atoms with Crippen molar-refractivity contribution in [3.05, 3.63) is 58.2 Å². The highest BCUT2D eigenvalue weighted by molar-refractivity contribution is 14.1. The maximum atomic E-state index is 12.5. The van der Waals surface area contributed by atoms with Gasteiger partial charge in [-0.15, -0.1) is 0 Å². The number of urea groups is 1. The molecule has 0 aliphatic carbocycles. The van der Waals surface area contributed by atoms with Gasteiger partial charge in [0.05, 0.1) is 5.92 Å². The number of halogens is 1. The number of anilines is 2. The van der Waals surface area contributed by atoms with Gasteiger partial charge in [0.2, 0.25) is 5.91 Å². The van der Waals surface area contributed by atoms with Crippen molar-refractivity contribution < 1.29 is 9.59 Å². The maximum absolute atomic E-state index is 12.5. The number of para-hydroxylation sites is 1. The molecule has 1 heterocycles. The fourth-order valence-electron chi connectivity index (χ4n) is 2.91. The van der Waals surface area contributed by atoms with Crippen molar-refractivity contribution >= 4 is 45.9 Å². The standard InChI is InChI=1S/C19H20IN3O2/c20-15-7-4-10-17(12-15)21-18(24)14-6-5-11-23(13-14)19(25)22-16-8-2-1-3-9-16/h1-4,7-10,12,14H,5-6,11,13H2,(H,21,24)(H,22,25). The summed E-state index contributed by atoms with van der Waals surface area (Å²) < 4.78 is 1.07. The van der Waals surface area contributed by atoms with E-state index in [-0.39, 0.29) is 17.9 Å². The fraction of sp³-hybridized carbons (Fsp3) is 0.263. The Morgan fingerprint density at radius 1 is 1.00 bits per heavy atom. The molecule has 2 N–H and O–H groups in total. The molecule has 2 aromatic rings. The van der Waals surface area contributed by atoms with Gasteiger partial charge < -0.3 is 15.5 Å². The number of hydrogen-bond acceptors (Lipinski definition) is 2. The van der Waals surface area contributed by atoms with Gasteiger partial charge in [-0.25, -0.2) is 4.79 Å². The van der Waals surface area contributed by atoms with Gasteiger partial charge in [0.1, 0.15) is 0 Å². The van der Waals surface area contributed by atoms with E-state index < -0.39 is 0 Å². The molecule has 6 heteroatoms. The highest BCUT2D eigenvalue weighted by atomic mass is 127. The monoisotopic (exact) mass is 449 g/mol. The van der Waals surface area contributed by atoms with E-state index in [4.69, 9.17) is 0 Å².